The minimum Gasteiger partial charge on any atom is -0.490 e. The summed E-state index contributed by atoms with van der Waals surface area (Å²) in [5, 5.41) is 12.5. The Hall–Kier alpha value is -2.26. The molecule has 6 heteroatoms. The maximum absolute atomic E-state index is 12.5. The van der Waals surface area contributed by atoms with Crippen molar-refractivity contribution in [1.29, 1.82) is 5.26 Å². The smallest absolute Gasteiger partial charge is 0.276 e. The molecule has 0 radical (unpaired) electrons. The molecule has 146 valence electrons. The van der Waals surface area contributed by atoms with E-state index in [4.69, 9.17) is 9.47 Å². The predicted molar refractivity (Wildman–Crippen MR) is 102 cm³/mol. The van der Waals surface area contributed by atoms with Gasteiger partial charge in [-0.1, -0.05) is 0 Å². The van der Waals surface area contributed by atoms with Gasteiger partial charge in [0, 0.05) is 12.0 Å². The summed E-state index contributed by atoms with van der Waals surface area (Å²) in [6, 6.07) is 6.48. The topological polar surface area (TPSA) is 75.8 Å². The van der Waals surface area contributed by atoms with Crippen LogP contribution in [0.4, 0.5) is 0 Å². The molecule has 1 unspecified atom stereocenters. The van der Waals surface area contributed by atoms with E-state index >= 15 is 0 Å². The number of nitrogens with one attached hydrogen (secondary N) is 2. The van der Waals surface area contributed by atoms with Crippen molar-refractivity contribution in [3.05, 3.63) is 23.3 Å². The molecule has 1 aliphatic heterocycles. The molecule has 1 aliphatic carbocycles. The molecule has 0 saturated heterocycles. The number of amides is 1. The number of rotatable bonds is 7. The summed E-state index contributed by atoms with van der Waals surface area (Å²) in [4.78, 5) is 13.7. The summed E-state index contributed by atoms with van der Waals surface area (Å²) in [5.74, 6) is 1.56. The zero-order valence-corrected chi connectivity index (χ0v) is 16.4. The van der Waals surface area contributed by atoms with Gasteiger partial charge in [0.05, 0.1) is 25.8 Å². The van der Waals surface area contributed by atoms with Crippen molar-refractivity contribution in [1.82, 2.24) is 5.32 Å². The van der Waals surface area contributed by atoms with Crippen molar-refractivity contribution in [2.24, 2.45) is 0 Å². The van der Waals surface area contributed by atoms with E-state index in [-0.39, 0.29) is 5.91 Å². The molecule has 1 aromatic carbocycles. The Kier molecular flexibility index (Phi) is 6.22. The monoisotopic (exact) mass is 372 g/mol. The highest BCUT2D eigenvalue weighted by Gasteiger charge is 2.36. The fourth-order valence-corrected chi connectivity index (χ4v) is 4.18. The first kappa shape index (κ1) is 19.5. The molecule has 3 rings (SSSR count). The SMILES string of the molecule is CCOc1cc2c(cc1OCC)C[NH+](CC(=O)NC1(C#N)CCCC1)CC2. The maximum Gasteiger partial charge on any atom is 0.276 e. The van der Waals surface area contributed by atoms with Crippen LogP contribution in [0.15, 0.2) is 12.1 Å². The van der Waals surface area contributed by atoms with Crippen LogP contribution in [0.3, 0.4) is 0 Å². The Balaban J connectivity index is 1.66. The van der Waals surface area contributed by atoms with Crippen LogP contribution in [-0.4, -0.2) is 37.7 Å². The Bertz CT molecular complexity index is 720. The van der Waals surface area contributed by atoms with Gasteiger partial charge in [0.15, 0.2) is 18.0 Å². The minimum atomic E-state index is -0.640. The van der Waals surface area contributed by atoms with Crippen molar-refractivity contribution in [2.75, 3.05) is 26.3 Å². The molecule has 27 heavy (non-hydrogen) atoms. The summed E-state index contributed by atoms with van der Waals surface area (Å²) < 4.78 is 11.5. The molecule has 2 aliphatic rings. The van der Waals surface area contributed by atoms with Crippen LogP contribution in [0, 0.1) is 11.3 Å². The van der Waals surface area contributed by atoms with Crippen LogP contribution >= 0.6 is 0 Å². The van der Waals surface area contributed by atoms with E-state index in [1.54, 1.807) is 0 Å². The molecule has 1 atom stereocenters. The summed E-state index contributed by atoms with van der Waals surface area (Å²) >= 11 is 0. The molecule has 1 heterocycles. The molecule has 0 aromatic heterocycles. The molecular weight excluding hydrogens is 342 g/mol. The average Bonchev–Trinajstić information content (AvgIpc) is 3.11. The van der Waals surface area contributed by atoms with Crippen molar-refractivity contribution in [3.63, 3.8) is 0 Å². The van der Waals surface area contributed by atoms with E-state index in [9.17, 15) is 10.1 Å². The number of carbonyl (C=O) groups is 1. The first-order valence-corrected chi connectivity index (χ1v) is 10.1. The number of benzene rings is 1. The molecule has 0 spiro atoms. The highest BCUT2D eigenvalue weighted by Crippen LogP contribution is 2.32. The van der Waals surface area contributed by atoms with E-state index in [2.05, 4.69) is 23.5 Å². The van der Waals surface area contributed by atoms with Gasteiger partial charge in [-0.15, -0.1) is 0 Å². The maximum atomic E-state index is 12.5. The summed E-state index contributed by atoms with van der Waals surface area (Å²) in [7, 11) is 0. The van der Waals surface area contributed by atoms with Gasteiger partial charge < -0.3 is 19.7 Å². The zero-order chi connectivity index (χ0) is 19.3. The zero-order valence-electron chi connectivity index (χ0n) is 16.4. The summed E-state index contributed by atoms with van der Waals surface area (Å²) in [5.41, 5.74) is 1.85. The highest BCUT2D eigenvalue weighted by atomic mass is 16.5. The molecule has 6 nitrogen and oxygen atoms in total. The second-order valence-corrected chi connectivity index (χ2v) is 7.49. The number of carbonyl (C=O) groups excluding carboxylic acids is 1. The van der Waals surface area contributed by atoms with Crippen molar-refractivity contribution < 1.29 is 19.2 Å². The van der Waals surface area contributed by atoms with Gasteiger partial charge in [-0.25, -0.2) is 0 Å². The lowest BCUT2D eigenvalue weighted by Crippen LogP contribution is -3.13. The minimum absolute atomic E-state index is 0.0205. The third kappa shape index (κ3) is 4.54. The number of quaternary nitrogens is 1. The normalized spacial score (nSPS) is 20.4. The fourth-order valence-electron chi connectivity index (χ4n) is 4.18. The van der Waals surface area contributed by atoms with Crippen molar-refractivity contribution in [3.8, 4) is 17.6 Å². The van der Waals surface area contributed by atoms with Gasteiger partial charge in [0.2, 0.25) is 0 Å². The van der Waals surface area contributed by atoms with E-state index in [0.717, 1.165) is 56.7 Å². The highest BCUT2D eigenvalue weighted by molar-refractivity contribution is 5.78. The third-order valence-corrected chi connectivity index (χ3v) is 5.51. The Morgan fingerprint density at radius 3 is 2.41 bits per heavy atom. The lowest BCUT2D eigenvalue weighted by molar-refractivity contribution is -0.908. The Morgan fingerprint density at radius 1 is 1.19 bits per heavy atom. The van der Waals surface area contributed by atoms with Crippen LogP contribution < -0.4 is 19.7 Å². The number of hydrogen-bond donors (Lipinski definition) is 2. The number of hydrogen-bond acceptors (Lipinski definition) is 4. The number of ether oxygens (including phenoxy) is 2. The molecule has 1 fully saturated rings. The van der Waals surface area contributed by atoms with Gasteiger partial charge in [-0.05, 0) is 57.2 Å². The Labute approximate surface area is 161 Å². The third-order valence-electron chi connectivity index (χ3n) is 5.51. The van der Waals surface area contributed by atoms with Crippen LogP contribution in [0.5, 0.6) is 11.5 Å². The summed E-state index contributed by atoms with van der Waals surface area (Å²) in [6.45, 7) is 7.22. The van der Waals surface area contributed by atoms with Gasteiger partial charge in [-0.3, -0.25) is 4.79 Å². The van der Waals surface area contributed by atoms with E-state index in [1.807, 2.05) is 13.8 Å². The van der Waals surface area contributed by atoms with Crippen LogP contribution in [0.25, 0.3) is 0 Å². The number of nitrogens with zero attached hydrogens (tertiary/aromatic N) is 1. The fraction of sp³-hybridized carbons (Fsp3) is 0.619. The van der Waals surface area contributed by atoms with Crippen molar-refractivity contribution >= 4 is 5.91 Å². The summed E-state index contributed by atoms with van der Waals surface area (Å²) in [6.07, 6.45) is 4.48. The van der Waals surface area contributed by atoms with Crippen LogP contribution in [-0.2, 0) is 17.8 Å². The molecule has 1 aromatic rings. The second-order valence-electron chi connectivity index (χ2n) is 7.49. The average molecular weight is 372 g/mol. The molecular formula is C21H30N3O3+. The van der Waals surface area contributed by atoms with E-state index in [1.165, 1.54) is 16.0 Å². The number of nitriles is 1. The van der Waals surface area contributed by atoms with Crippen molar-refractivity contribution in [2.45, 2.75) is 58.0 Å². The van der Waals surface area contributed by atoms with E-state index < -0.39 is 5.54 Å². The number of fused-ring (bicyclic) bond motifs is 1. The first-order valence-electron chi connectivity index (χ1n) is 10.1. The molecule has 1 amide bonds. The standard InChI is InChI=1S/C21H29N3O3/c1-3-26-18-11-16-7-10-24(13-17(16)12-19(18)27-4-2)14-20(25)23-21(15-22)8-5-6-9-21/h11-12H,3-10,13-14H2,1-2H3,(H,23,25)/p+1. The van der Waals surface area contributed by atoms with Gasteiger partial charge in [0.25, 0.3) is 5.91 Å². The molecule has 0 bridgehead atoms. The van der Waals surface area contributed by atoms with Crippen LogP contribution in [0.2, 0.25) is 0 Å². The first-order chi connectivity index (χ1) is 13.1. The second kappa shape index (κ2) is 8.62. The van der Waals surface area contributed by atoms with Gasteiger partial charge in [0.1, 0.15) is 12.1 Å². The Morgan fingerprint density at radius 2 is 1.81 bits per heavy atom. The van der Waals surface area contributed by atoms with E-state index in [0.29, 0.717) is 19.8 Å². The van der Waals surface area contributed by atoms with Gasteiger partial charge >= 0.3 is 0 Å². The predicted octanol–water partition coefficient (Wildman–Crippen LogP) is 1.38. The molecule has 2 N–H and O–H groups in total. The van der Waals surface area contributed by atoms with Gasteiger partial charge in [-0.2, -0.15) is 5.26 Å². The lowest BCUT2D eigenvalue weighted by Gasteiger charge is -2.28. The molecule has 1 saturated carbocycles. The lowest BCUT2D eigenvalue weighted by atomic mass is 9.98. The van der Waals surface area contributed by atoms with Crippen LogP contribution in [0.1, 0.15) is 50.7 Å². The largest absolute Gasteiger partial charge is 0.490 e. The quantitative estimate of drug-likeness (QED) is 0.758.